The summed E-state index contributed by atoms with van der Waals surface area (Å²) in [7, 11) is 1.73. The number of methoxy groups -OCH3 is 1. The average molecular weight is 275 g/mol. The van der Waals surface area contributed by atoms with Crippen molar-refractivity contribution in [1.29, 1.82) is 0 Å². The van der Waals surface area contributed by atoms with E-state index in [2.05, 4.69) is 65.6 Å². The highest BCUT2D eigenvalue weighted by Crippen LogP contribution is 2.51. The van der Waals surface area contributed by atoms with Crippen LogP contribution in [0.25, 0.3) is 0 Å². The van der Waals surface area contributed by atoms with Crippen molar-refractivity contribution in [2.45, 2.75) is 12.3 Å². The van der Waals surface area contributed by atoms with Gasteiger partial charge in [-0.25, -0.2) is 0 Å². The Morgan fingerprint density at radius 3 is 2.76 bits per heavy atom. The maximum atomic E-state index is 5.40. The Morgan fingerprint density at radius 2 is 1.95 bits per heavy atom. The van der Waals surface area contributed by atoms with E-state index in [0.29, 0.717) is 5.92 Å². The van der Waals surface area contributed by atoms with Crippen molar-refractivity contribution in [3.05, 3.63) is 78.0 Å². The van der Waals surface area contributed by atoms with Gasteiger partial charge in [-0.15, -0.1) is 0 Å². The van der Waals surface area contributed by atoms with E-state index in [1.54, 1.807) is 7.11 Å². The normalized spacial score (nSPS) is 19.0. The topological polar surface area (TPSA) is 12.5 Å². The Bertz CT molecular complexity index is 730. The molecule has 0 saturated carbocycles. The van der Waals surface area contributed by atoms with E-state index in [-0.39, 0.29) is 0 Å². The van der Waals surface area contributed by atoms with Gasteiger partial charge in [-0.3, -0.25) is 0 Å². The van der Waals surface area contributed by atoms with Crippen molar-refractivity contribution >= 4 is 11.4 Å². The predicted octanol–water partition coefficient (Wildman–Crippen LogP) is 4.77. The van der Waals surface area contributed by atoms with Crippen LogP contribution in [0.2, 0.25) is 0 Å². The Labute approximate surface area is 125 Å². The Balaban J connectivity index is 1.91. The molecule has 2 aliphatic rings. The molecule has 104 valence electrons. The summed E-state index contributed by atoms with van der Waals surface area (Å²) in [6.45, 7) is 0. The second-order valence-electron chi connectivity index (χ2n) is 5.40. The second kappa shape index (κ2) is 4.81. The molecule has 0 fully saturated rings. The molecule has 1 unspecified atom stereocenters. The molecular formula is C19H17NO. The van der Waals surface area contributed by atoms with Gasteiger partial charge in [0, 0.05) is 23.0 Å². The van der Waals surface area contributed by atoms with Crippen LogP contribution in [0.3, 0.4) is 0 Å². The van der Waals surface area contributed by atoms with E-state index in [9.17, 15) is 0 Å². The van der Waals surface area contributed by atoms with Crippen molar-refractivity contribution in [2.24, 2.45) is 0 Å². The fourth-order valence-corrected chi connectivity index (χ4v) is 3.28. The number of para-hydroxylation sites is 1. The monoisotopic (exact) mass is 275 g/mol. The van der Waals surface area contributed by atoms with Crippen LogP contribution in [-0.4, -0.2) is 7.11 Å². The summed E-state index contributed by atoms with van der Waals surface area (Å²) in [5.41, 5.74) is 5.19. The van der Waals surface area contributed by atoms with Crippen LogP contribution in [-0.2, 0) is 0 Å². The first-order chi connectivity index (χ1) is 10.4. The molecule has 0 bridgehead atoms. The van der Waals surface area contributed by atoms with E-state index in [4.69, 9.17) is 4.74 Å². The molecule has 21 heavy (non-hydrogen) atoms. The highest BCUT2D eigenvalue weighted by Gasteiger charge is 2.34. The van der Waals surface area contributed by atoms with Gasteiger partial charge in [-0.1, -0.05) is 30.4 Å². The lowest BCUT2D eigenvalue weighted by atomic mass is 9.92. The Hall–Kier alpha value is -2.48. The van der Waals surface area contributed by atoms with Gasteiger partial charge >= 0.3 is 0 Å². The lowest BCUT2D eigenvalue weighted by Gasteiger charge is -2.24. The summed E-state index contributed by atoms with van der Waals surface area (Å²) < 4.78 is 5.40. The fraction of sp³-hybridized carbons (Fsp3) is 0.158. The SMILES string of the molecule is COc1ccc2c(c1)C1CC=CC=C1N2c1ccccc1. The average Bonchev–Trinajstić information content (AvgIpc) is 2.89. The summed E-state index contributed by atoms with van der Waals surface area (Å²) in [6, 6.07) is 16.9. The van der Waals surface area contributed by atoms with Gasteiger partial charge < -0.3 is 9.64 Å². The molecule has 2 heteroatoms. The van der Waals surface area contributed by atoms with E-state index < -0.39 is 0 Å². The van der Waals surface area contributed by atoms with Gasteiger partial charge in [0.25, 0.3) is 0 Å². The summed E-state index contributed by atoms with van der Waals surface area (Å²) >= 11 is 0. The third-order valence-electron chi connectivity index (χ3n) is 4.26. The van der Waals surface area contributed by atoms with Crippen LogP contribution in [0.5, 0.6) is 5.75 Å². The lowest BCUT2D eigenvalue weighted by molar-refractivity contribution is 0.414. The van der Waals surface area contributed by atoms with Crippen LogP contribution >= 0.6 is 0 Å². The molecule has 2 aromatic carbocycles. The third kappa shape index (κ3) is 1.87. The molecule has 4 rings (SSSR count). The minimum atomic E-state index is 0.431. The largest absolute Gasteiger partial charge is 0.497 e. The first kappa shape index (κ1) is 12.3. The van der Waals surface area contributed by atoms with Crippen molar-refractivity contribution in [1.82, 2.24) is 0 Å². The van der Waals surface area contributed by atoms with Gasteiger partial charge in [-0.05, 0) is 48.4 Å². The maximum Gasteiger partial charge on any atom is 0.119 e. The van der Waals surface area contributed by atoms with Crippen molar-refractivity contribution < 1.29 is 4.74 Å². The van der Waals surface area contributed by atoms with Gasteiger partial charge in [-0.2, -0.15) is 0 Å². The zero-order chi connectivity index (χ0) is 14.2. The van der Waals surface area contributed by atoms with Gasteiger partial charge in [0.15, 0.2) is 0 Å². The summed E-state index contributed by atoms with van der Waals surface area (Å²) in [6.07, 6.45) is 7.68. The summed E-state index contributed by atoms with van der Waals surface area (Å²) in [4.78, 5) is 2.36. The van der Waals surface area contributed by atoms with Gasteiger partial charge in [0.05, 0.1) is 7.11 Å². The highest BCUT2D eigenvalue weighted by molar-refractivity contribution is 5.79. The predicted molar refractivity (Wildman–Crippen MR) is 86.2 cm³/mol. The fourth-order valence-electron chi connectivity index (χ4n) is 3.28. The molecule has 2 nitrogen and oxygen atoms in total. The van der Waals surface area contributed by atoms with E-state index >= 15 is 0 Å². The number of fused-ring (bicyclic) bond motifs is 3. The Morgan fingerprint density at radius 1 is 1.10 bits per heavy atom. The van der Waals surface area contributed by atoms with Crippen LogP contribution in [0, 0.1) is 0 Å². The molecule has 1 heterocycles. The number of allylic oxidation sites excluding steroid dienone is 4. The van der Waals surface area contributed by atoms with E-state index in [1.165, 1.54) is 22.6 Å². The van der Waals surface area contributed by atoms with Crippen LogP contribution < -0.4 is 9.64 Å². The van der Waals surface area contributed by atoms with Gasteiger partial charge in [0.2, 0.25) is 0 Å². The zero-order valence-electron chi connectivity index (χ0n) is 12.0. The Kier molecular flexibility index (Phi) is 2.81. The molecular weight excluding hydrogens is 258 g/mol. The molecule has 1 atom stereocenters. The number of hydrogen-bond donors (Lipinski definition) is 0. The van der Waals surface area contributed by atoms with E-state index in [1.807, 2.05) is 6.07 Å². The molecule has 1 aliphatic carbocycles. The molecule has 0 N–H and O–H groups in total. The summed E-state index contributed by atoms with van der Waals surface area (Å²) in [5, 5.41) is 0. The smallest absolute Gasteiger partial charge is 0.119 e. The molecule has 1 aliphatic heterocycles. The van der Waals surface area contributed by atoms with Crippen molar-refractivity contribution in [3.63, 3.8) is 0 Å². The van der Waals surface area contributed by atoms with Crippen molar-refractivity contribution in [3.8, 4) is 5.75 Å². The maximum absolute atomic E-state index is 5.40. The molecule has 0 spiro atoms. The van der Waals surface area contributed by atoms with E-state index in [0.717, 1.165) is 12.2 Å². The number of anilines is 2. The zero-order valence-corrected chi connectivity index (χ0v) is 12.0. The first-order valence-corrected chi connectivity index (χ1v) is 7.28. The third-order valence-corrected chi connectivity index (χ3v) is 4.26. The highest BCUT2D eigenvalue weighted by atomic mass is 16.5. The number of ether oxygens (including phenoxy) is 1. The number of hydrogen-bond acceptors (Lipinski definition) is 2. The molecule has 0 saturated heterocycles. The van der Waals surface area contributed by atoms with Crippen LogP contribution in [0.15, 0.2) is 72.5 Å². The molecule has 0 amide bonds. The standard InChI is InChI=1S/C19H17NO/c1-21-15-11-12-19-17(13-15)16-9-5-6-10-18(16)20(19)14-7-3-2-4-8-14/h2-8,10-13,16H,9H2,1H3. The summed E-state index contributed by atoms with van der Waals surface area (Å²) in [5.74, 6) is 1.36. The van der Waals surface area contributed by atoms with Crippen molar-refractivity contribution in [2.75, 3.05) is 12.0 Å². The lowest BCUT2D eigenvalue weighted by Crippen LogP contribution is -2.14. The molecule has 0 aromatic heterocycles. The number of benzene rings is 2. The molecule has 2 aromatic rings. The molecule has 0 radical (unpaired) electrons. The number of rotatable bonds is 2. The number of nitrogens with zero attached hydrogens (tertiary/aromatic N) is 1. The first-order valence-electron chi connectivity index (χ1n) is 7.28. The minimum absolute atomic E-state index is 0.431. The van der Waals surface area contributed by atoms with Gasteiger partial charge in [0.1, 0.15) is 5.75 Å². The second-order valence-corrected chi connectivity index (χ2v) is 5.40. The quantitative estimate of drug-likeness (QED) is 0.782. The minimum Gasteiger partial charge on any atom is -0.497 e. The van der Waals surface area contributed by atoms with Crippen LogP contribution in [0.1, 0.15) is 17.9 Å². The van der Waals surface area contributed by atoms with Crippen LogP contribution in [0.4, 0.5) is 11.4 Å².